The Labute approximate surface area is 58.3 Å². The smallest absolute Gasteiger partial charge is 0.367 e. The van der Waals surface area contributed by atoms with Crippen molar-refractivity contribution in [2.24, 2.45) is 0 Å². The molecular weight excluding hydrogens is 166 g/mol. The molecule has 0 aromatic heterocycles. The Bertz CT molecular complexity index is 117. The van der Waals surface area contributed by atoms with Gasteiger partial charge >= 0.3 is 7.60 Å². The van der Waals surface area contributed by atoms with Gasteiger partial charge in [0.25, 0.3) is 0 Å². The van der Waals surface area contributed by atoms with Crippen molar-refractivity contribution in [3.63, 3.8) is 0 Å². The van der Waals surface area contributed by atoms with Crippen molar-refractivity contribution in [3.05, 3.63) is 0 Å². The Morgan fingerprint density at radius 3 is 1.89 bits per heavy atom. The van der Waals surface area contributed by atoms with E-state index >= 15 is 0 Å². The number of alkyl halides is 1. The minimum absolute atomic E-state index is 1.15. The topological polar surface area (TPSA) is 55.8 Å². The molecule has 0 amide bonds. The highest BCUT2D eigenvalue weighted by Crippen LogP contribution is 2.51. The Morgan fingerprint density at radius 2 is 1.89 bits per heavy atom. The Morgan fingerprint density at radius 1 is 1.56 bits per heavy atom. The predicted octanol–water partition coefficient (Wildman–Crippen LogP) is 0.987. The van der Waals surface area contributed by atoms with Gasteiger partial charge in [0.2, 0.25) is 5.30 Å². The Balaban J connectivity index is 4.11. The highest BCUT2D eigenvalue weighted by molar-refractivity contribution is 7.56. The van der Waals surface area contributed by atoms with Crippen molar-refractivity contribution in [2.75, 3.05) is 14.2 Å². The fourth-order valence-corrected chi connectivity index (χ4v) is 1.22. The fourth-order valence-electron chi connectivity index (χ4n) is 0.248. The van der Waals surface area contributed by atoms with Gasteiger partial charge in [0.15, 0.2) is 0 Å². The maximum absolute atomic E-state index is 10.8. The van der Waals surface area contributed by atoms with E-state index in [1.165, 1.54) is 0 Å². The molecule has 0 rings (SSSR count). The molecule has 0 saturated carbocycles. The van der Waals surface area contributed by atoms with Crippen LogP contribution in [0, 0.1) is 0 Å². The van der Waals surface area contributed by atoms with Crippen LogP contribution in [-0.4, -0.2) is 24.6 Å². The van der Waals surface area contributed by atoms with Crippen LogP contribution in [-0.2, 0) is 13.6 Å². The van der Waals surface area contributed by atoms with Gasteiger partial charge in [0, 0.05) is 14.2 Å². The molecule has 0 saturated heterocycles. The minimum atomic E-state index is -3.43. The van der Waals surface area contributed by atoms with Gasteiger partial charge in [-0.3, -0.25) is 4.57 Å². The highest BCUT2D eigenvalue weighted by Gasteiger charge is 2.29. The molecule has 0 aromatic rings. The maximum Gasteiger partial charge on any atom is 0.373 e. The van der Waals surface area contributed by atoms with Crippen LogP contribution in [0.25, 0.3) is 0 Å². The fraction of sp³-hybridized carbons (Fsp3) is 1.00. The van der Waals surface area contributed by atoms with E-state index in [1.807, 2.05) is 0 Å². The average Bonchev–Trinajstić information content (AvgIpc) is 1.86. The second-order valence-corrected chi connectivity index (χ2v) is 4.23. The van der Waals surface area contributed by atoms with E-state index in [0.717, 1.165) is 14.2 Å². The van der Waals surface area contributed by atoms with Crippen molar-refractivity contribution in [1.82, 2.24) is 0 Å². The first-order valence-corrected chi connectivity index (χ1v) is 4.15. The number of aliphatic hydroxyl groups excluding tert-OH is 1. The van der Waals surface area contributed by atoms with E-state index in [1.54, 1.807) is 0 Å². The molecule has 0 heterocycles. The third-order valence-electron chi connectivity index (χ3n) is 0.770. The van der Waals surface area contributed by atoms with Gasteiger partial charge in [-0.2, -0.15) is 0 Å². The first-order chi connectivity index (χ1) is 4.06. The molecule has 0 bridgehead atoms. The van der Waals surface area contributed by atoms with Crippen molar-refractivity contribution in [1.29, 1.82) is 0 Å². The van der Waals surface area contributed by atoms with Crippen LogP contribution in [0.5, 0.6) is 0 Å². The summed E-state index contributed by atoms with van der Waals surface area (Å²) in [5.41, 5.74) is 0. The van der Waals surface area contributed by atoms with Gasteiger partial charge in [-0.25, -0.2) is 0 Å². The average molecular weight is 175 g/mol. The van der Waals surface area contributed by atoms with Crippen LogP contribution >= 0.6 is 19.2 Å². The summed E-state index contributed by atoms with van der Waals surface area (Å²) in [4.78, 5) is 0. The van der Waals surface area contributed by atoms with Crippen molar-refractivity contribution in [2.45, 2.75) is 5.30 Å². The summed E-state index contributed by atoms with van der Waals surface area (Å²) >= 11 is 5.03. The summed E-state index contributed by atoms with van der Waals surface area (Å²) in [5.74, 6) is 0. The van der Waals surface area contributed by atoms with Crippen LogP contribution in [0.2, 0.25) is 0 Å². The lowest BCUT2D eigenvalue weighted by molar-refractivity contribution is 0.216. The van der Waals surface area contributed by atoms with Crippen LogP contribution in [0.4, 0.5) is 0 Å². The number of hydrogen-bond donors (Lipinski definition) is 1. The number of rotatable bonds is 3. The quantitative estimate of drug-likeness (QED) is 0.512. The van der Waals surface area contributed by atoms with E-state index in [9.17, 15) is 4.57 Å². The molecule has 0 radical (unpaired) electrons. The van der Waals surface area contributed by atoms with E-state index in [4.69, 9.17) is 16.7 Å². The van der Waals surface area contributed by atoms with Gasteiger partial charge in [0.05, 0.1) is 0 Å². The van der Waals surface area contributed by atoms with E-state index in [-0.39, 0.29) is 0 Å². The lowest BCUT2D eigenvalue weighted by Gasteiger charge is -2.13. The van der Waals surface area contributed by atoms with Crippen LogP contribution < -0.4 is 0 Å². The van der Waals surface area contributed by atoms with E-state index in [0.29, 0.717) is 0 Å². The zero-order chi connectivity index (χ0) is 7.49. The van der Waals surface area contributed by atoms with Gasteiger partial charge in [-0.15, -0.1) is 0 Å². The van der Waals surface area contributed by atoms with Crippen LogP contribution in [0.3, 0.4) is 0 Å². The van der Waals surface area contributed by atoms with E-state index < -0.39 is 12.9 Å². The van der Waals surface area contributed by atoms with Crippen LogP contribution in [0.15, 0.2) is 0 Å². The summed E-state index contributed by atoms with van der Waals surface area (Å²) in [7, 11) is -1.13. The summed E-state index contributed by atoms with van der Waals surface area (Å²) in [6.07, 6.45) is 0. The van der Waals surface area contributed by atoms with Crippen LogP contribution in [0.1, 0.15) is 0 Å². The summed E-state index contributed by atoms with van der Waals surface area (Å²) < 4.78 is 19.4. The molecule has 56 valence electrons. The Kier molecular flexibility index (Phi) is 3.70. The van der Waals surface area contributed by atoms with E-state index in [2.05, 4.69) is 9.05 Å². The third kappa shape index (κ3) is 2.24. The number of halogens is 1. The molecule has 0 aliphatic carbocycles. The van der Waals surface area contributed by atoms with Gasteiger partial charge in [0.1, 0.15) is 0 Å². The first kappa shape index (κ1) is 9.40. The standard InChI is InChI=1S/C3H8ClO4P/c1-7-9(6,8-2)3(4)5/h3,5H,1-2H3. The first-order valence-electron chi connectivity index (χ1n) is 2.10. The molecule has 1 N–H and O–H groups in total. The predicted molar refractivity (Wildman–Crippen MR) is 33.5 cm³/mol. The molecule has 0 spiro atoms. The molecule has 1 unspecified atom stereocenters. The molecule has 1 atom stereocenters. The zero-order valence-corrected chi connectivity index (χ0v) is 6.72. The Hall–Kier alpha value is 0.400. The van der Waals surface area contributed by atoms with Gasteiger partial charge in [-0.05, 0) is 0 Å². The summed E-state index contributed by atoms with van der Waals surface area (Å²) in [6, 6.07) is 0. The number of aliphatic hydroxyl groups is 1. The van der Waals surface area contributed by atoms with Gasteiger partial charge < -0.3 is 14.2 Å². The number of hydrogen-bond acceptors (Lipinski definition) is 4. The summed E-state index contributed by atoms with van der Waals surface area (Å²) in [6.45, 7) is 0. The van der Waals surface area contributed by atoms with Crippen molar-refractivity contribution < 1.29 is 18.7 Å². The van der Waals surface area contributed by atoms with Gasteiger partial charge in [-0.1, -0.05) is 11.6 Å². The lowest BCUT2D eigenvalue weighted by Crippen LogP contribution is -2.01. The SMILES string of the molecule is COP(=O)(OC)C(O)Cl. The zero-order valence-electron chi connectivity index (χ0n) is 5.07. The molecular formula is C3H8ClO4P. The monoisotopic (exact) mass is 174 g/mol. The molecule has 0 aliphatic rings. The molecule has 0 aromatic carbocycles. The highest BCUT2D eigenvalue weighted by atomic mass is 35.5. The molecule has 9 heavy (non-hydrogen) atoms. The second kappa shape index (κ2) is 3.54. The van der Waals surface area contributed by atoms with Crippen molar-refractivity contribution >= 4 is 19.2 Å². The lowest BCUT2D eigenvalue weighted by atomic mass is 11.7. The van der Waals surface area contributed by atoms with Crippen molar-refractivity contribution in [3.8, 4) is 0 Å². The third-order valence-corrected chi connectivity index (χ3v) is 3.03. The molecule has 0 fully saturated rings. The molecule has 0 aliphatic heterocycles. The molecule has 6 heteroatoms. The summed E-state index contributed by atoms with van der Waals surface area (Å²) in [5, 5.41) is 6.93. The second-order valence-electron chi connectivity index (χ2n) is 1.22. The largest absolute Gasteiger partial charge is 0.373 e. The minimum Gasteiger partial charge on any atom is -0.367 e. The maximum atomic E-state index is 10.8. The normalized spacial score (nSPS) is 15.6. The molecule has 4 nitrogen and oxygen atoms in total.